The normalized spacial score (nSPS) is 14.2. The van der Waals surface area contributed by atoms with Crippen LogP contribution in [0, 0.1) is 0 Å². The maximum atomic E-state index is 12.5. The number of carbonyl (C=O) groups excluding carboxylic acids is 2. The van der Waals surface area contributed by atoms with Gasteiger partial charge in [0.25, 0.3) is 0 Å². The molecule has 0 aromatic heterocycles. The number of hydrogen-bond acceptors (Lipinski definition) is 2. The Morgan fingerprint density at radius 3 is 1.96 bits per heavy atom. The highest BCUT2D eigenvalue weighted by atomic mass is 35.5. The van der Waals surface area contributed by atoms with Crippen LogP contribution in [0.2, 0.25) is 5.02 Å². The summed E-state index contributed by atoms with van der Waals surface area (Å²) < 4.78 is 0. The molecule has 2 aromatic rings. The fourth-order valence-electron chi connectivity index (χ4n) is 3.55. The molecule has 1 fully saturated rings. The third kappa shape index (κ3) is 5.83. The van der Waals surface area contributed by atoms with Gasteiger partial charge < -0.3 is 9.80 Å². The maximum absolute atomic E-state index is 12.5. The minimum atomic E-state index is 0.135. The third-order valence-corrected chi connectivity index (χ3v) is 5.62. The van der Waals surface area contributed by atoms with E-state index in [0.717, 1.165) is 18.4 Å². The zero-order valence-corrected chi connectivity index (χ0v) is 16.9. The second kappa shape index (κ2) is 10.3. The lowest BCUT2D eigenvalue weighted by atomic mass is 10.1. The van der Waals surface area contributed by atoms with E-state index < -0.39 is 0 Å². The number of aryl methyl sites for hydroxylation is 2. The summed E-state index contributed by atoms with van der Waals surface area (Å²) in [5.41, 5.74) is 2.27. The van der Waals surface area contributed by atoms with Crippen LogP contribution in [-0.2, 0) is 22.4 Å². The Kier molecular flexibility index (Phi) is 7.49. The van der Waals surface area contributed by atoms with Crippen molar-refractivity contribution in [3.63, 3.8) is 0 Å². The molecule has 2 aromatic carbocycles. The number of halogens is 1. The summed E-state index contributed by atoms with van der Waals surface area (Å²) >= 11 is 6.16. The van der Waals surface area contributed by atoms with E-state index in [-0.39, 0.29) is 11.8 Å². The Balaban J connectivity index is 1.37. The zero-order chi connectivity index (χ0) is 19.8. The second-order valence-electron chi connectivity index (χ2n) is 7.19. The summed E-state index contributed by atoms with van der Waals surface area (Å²) in [5, 5.41) is 0.709. The molecule has 2 amide bonds. The number of nitrogens with zero attached hydrogens (tertiary/aromatic N) is 2. The molecule has 0 aliphatic carbocycles. The molecule has 0 spiro atoms. The average molecular weight is 399 g/mol. The Labute approximate surface area is 172 Å². The van der Waals surface area contributed by atoms with Crippen LogP contribution >= 0.6 is 11.6 Å². The maximum Gasteiger partial charge on any atom is 0.223 e. The molecule has 3 rings (SSSR count). The van der Waals surface area contributed by atoms with Crippen molar-refractivity contribution in [1.29, 1.82) is 0 Å². The molecular formula is C23H27ClN2O2. The molecule has 0 atom stereocenters. The molecule has 28 heavy (non-hydrogen) atoms. The van der Waals surface area contributed by atoms with Crippen LogP contribution < -0.4 is 0 Å². The van der Waals surface area contributed by atoms with Gasteiger partial charge in [-0.05, 0) is 36.5 Å². The van der Waals surface area contributed by atoms with Gasteiger partial charge in [0.1, 0.15) is 0 Å². The number of piperazine rings is 1. The first-order valence-electron chi connectivity index (χ1n) is 9.96. The molecule has 1 aliphatic heterocycles. The lowest BCUT2D eigenvalue weighted by Gasteiger charge is -2.35. The van der Waals surface area contributed by atoms with Gasteiger partial charge in [0.15, 0.2) is 0 Å². The third-order valence-electron chi connectivity index (χ3n) is 5.25. The van der Waals surface area contributed by atoms with Gasteiger partial charge in [-0.25, -0.2) is 0 Å². The smallest absolute Gasteiger partial charge is 0.223 e. The molecule has 0 bridgehead atoms. The van der Waals surface area contributed by atoms with E-state index in [9.17, 15) is 9.59 Å². The van der Waals surface area contributed by atoms with Crippen LogP contribution in [0.5, 0.6) is 0 Å². The molecule has 5 heteroatoms. The summed E-state index contributed by atoms with van der Waals surface area (Å²) in [6.07, 6.45) is 3.45. The number of carbonyl (C=O) groups is 2. The Hall–Kier alpha value is -2.33. The summed E-state index contributed by atoms with van der Waals surface area (Å²) in [5.74, 6) is 0.329. The monoisotopic (exact) mass is 398 g/mol. The van der Waals surface area contributed by atoms with Crippen molar-refractivity contribution < 1.29 is 9.59 Å². The summed E-state index contributed by atoms with van der Waals surface area (Å²) in [6, 6.07) is 17.9. The van der Waals surface area contributed by atoms with E-state index in [2.05, 4.69) is 12.1 Å². The van der Waals surface area contributed by atoms with Gasteiger partial charge in [0.2, 0.25) is 11.8 Å². The molecule has 1 heterocycles. The first-order valence-corrected chi connectivity index (χ1v) is 10.3. The molecule has 0 radical (unpaired) electrons. The SMILES string of the molecule is O=C(CCCc1ccccc1)N1CCN(C(=O)CCc2ccccc2Cl)CC1. The van der Waals surface area contributed by atoms with Gasteiger partial charge in [-0.2, -0.15) is 0 Å². The minimum Gasteiger partial charge on any atom is -0.339 e. The summed E-state index contributed by atoms with van der Waals surface area (Å²) in [6.45, 7) is 2.49. The Morgan fingerprint density at radius 2 is 1.32 bits per heavy atom. The Bertz CT molecular complexity index is 786. The fraction of sp³-hybridized carbons (Fsp3) is 0.391. The van der Waals surface area contributed by atoms with Gasteiger partial charge in [-0.3, -0.25) is 9.59 Å². The number of amides is 2. The van der Waals surface area contributed by atoms with Crippen LogP contribution in [0.25, 0.3) is 0 Å². The van der Waals surface area contributed by atoms with E-state index in [1.165, 1.54) is 5.56 Å². The molecule has 148 valence electrons. The first-order chi connectivity index (χ1) is 13.6. The van der Waals surface area contributed by atoms with Gasteiger partial charge in [0.05, 0.1) is 0 Å². The van der Waals surface area contributed by atoms with Gasteiger partial charge in [-0.1, -0.05) is 60.1 Å². The van der Waals surface area contributed by atoms with E-state index >= 15 is 0 Å². The van der Waals surface area contributed by atoms with Crippen molar-refractivity contribution in [2.75, 3.05) is 26.2 Å². The molecule has 1 saturated heterocycles. The molecule has 0 unspecified atom stereocenters. The van der Waals surface area contributed by atoms with Gasteiger partial charge in [0, 0.05) is 44.0 Å². The number of hydrogen-bond donors (Lipinski definition) is 0. The highest BCUT2D eigenvalue weighted by molar-refractivity contribution is 6.31. The first kappa shape index (κ1) is 20.4. The minimum absolute atomic E-state index is 0.135. The molecule has 1 aliphatic rings. The molecule has 0 saturated carbocycles. The lowest BCUT2D eigenvalue weighted by molar-refractivity contribution is -0.139. The quantitative estimate of drug-likeness (QED) is 0.708. The van der Waals surface area contributed by atoms with Crippen molar-refractivity contribution in [2.24, 2.45) is 0 Å². The summed E-state index contributed by atoms with van der Waals surface area (Å²) in [7, 11) is 0. The van der Waals surface area contributed by atoms with Crippen molar-refractivity contribution in [1.82, 2.24) is 9.80 Å². The van der Waals surface area contributed by atoms with Gasteiger partial charge in [-0.15, -0.1) is 0 Å². The predicted molar refractivity (Wildman–Crippen MR) is 112 cm³/mol. The molecule has 4 nitrogen and oxygen atoms in total. The van der Waals surface area contributed by atoms with Crippen molar-refractivity contribution >= 4 is 23.4 Å². The molecule has 0 N–H and O–H groups in total. The topological polar surface area (TPSA) is 40.6 Å². The lowest BCUT2D eigenvalue weighted by Crippen LogP contribution is -2.50. The average Bonchev–Trinajstić information content (AvgIpc) is 2.74. The summed E-state index contributed by atoms with van der Waals surface area (Å²) in [4.78, 5) is 28.6. The van der Waals surface area contributed by atoms with Crippen LogP contribution in [0.3, 0.4) is 0 Å². The largest absolute Gasteiger partial charge is 0.339 e. The molecular weight excluding hydrogens is 372 g/mol. The number of benzene rings is 2. The van der Waals surface area contributed by atoms with E-state index in [0.29, 0.717) is 50.5 Å². The van der Waals surface area contributed by atoms with Crippen molar-refractivity contribution in [3.05, 3.63) is 70.7 Å². The van der Waals surface area contributed by atoms with Crippen LogP contribution in [0.15, 0.2) is 54.6 Å². The van der Waals surface area contributed by atoms with Crippen molar-refractivity contribution in [2.45, 2.75) is 32.1 Å². The fourth-order valence-corrected chi connectivity index (χ4v) is 3.78. The van der Waals surface area contributed by atoms with Crippen molar-refractivity contribution in [3.8, 4) is 0 Å². The van der Waals surface area contributed by atoms with Gasteiger partial charge >= 0.3 is 0 Å². The van der Waals surface area contributed by atoms with E-state index in [1.807, 2.05) is 52.3 Å². The second-order valence-corrected chi connectivity index (χ2v) is 7.60. The van der Waals surface area contributed by atoms with E-state index in [4.69, 9.17) is 11.6 Å². The zero-order valence-electron chi connectivity index (χ0n) is 16.1. The highest BCUT2D eigenvalue weighted by Crippen LogP contribution is 2.17. The van der Waals surface area contributed by atoms with Crippen LogP contribution in [0.4, 0.5) is 0 Å². The Morgan fingerprint density at radius 1 is 0.750 bits per heavy atom. The van der Waals surface area contributed by atoms with E-state index in [1.54, 1.807) is 0 Å². The van der Waals surface area contributed by atoms with Crippen LogP contribution in [0.1, 0.15) is 30.4 Å². The standard InChI is InChI=1S/C23H27ClN2O2/c24-21-11-5-4-10-20(21)13-14-23(28)26-17-15-25(16-18-26)22(27)12-6-9-19-7-2-1-3-8-19/h1-5,7-8,10-11H,6,9,12-18H2. The highest BCUT2D eigenvalue weighted by Gasteiger charge is 2.23. The predicted octanol–water partition coefficient (Wildman–Crippen LogP) is 3.97. The number of rotatable bonds is 7. The van der Waals surface area contributed by atoms with Crippen LogP contribution in [-0.4, -0.2) is 47.8 Å².